The highest BCUT2D eigenvalue weighted by Gasteiger charge is 2.22. The average Bonchev–Trinajstić information content (AvgIpc) is 3.31. The molecule has 4 rings (SSSR count). The Kier molecular flexibility index (Phi) is 4.09. The van der Waals surface area contributed by atoms with Gasteiger partial charge in [0.05, 0.1) is 11.9 Å². The number of hydrogen-bond acceptors (Lipinski definition) is 4. The van der Waals surface area contributed by atoms with Crippen LogP contribution in [0.25, 0.3) is 16.8 Å². The van der Waals surface area contributed by atoms with Crippen LogP contribution >= 0.6 is 11.9 Å². The summed E-state index contributed by atoms with van der Waals surface area (Å²) in [6.45, 7) is 0. The number of nitrogens with one attached hydrogen (secondary N) is 1. The van der Waals surface area contributed by atoms with Gasteiger partial charge in [-0.15, -0.1) is 0 Å². The first-order valence-corrected chi connectivity index (χ1v) is 8.91. The highest BCUT2D eigenvalue weighted by Crippen LogP contribution is 2.35. The van der Waals surface area contributed by atoms with E-state index < -0.39 is 0 Å². The number of aryl methyl sites for hydroxylation is 1. The van der Waals surface area contributed by atoms with E-state index in [4.69, 9.17) is 0 Å². The van der Waals surface area contributed by atoms with Crippen LogP contribution in [0, 0.1) is 5.82 Å². The van der Waals surface area contributed by atoms with E-state index in [9.17, 15) is 9.18 Å². The van der Waals surface area contributed by atoms with Crippen molar-refractivity contribution in [2.75, 3.05) is 4.72 Å². The number of pyridine rings is 1. The molecule has 0 atom stereocenters. The maximum Gasteiger partial charge on any atom is 0.250 e. The Labute approximate surface area is 148 Å². The van der Waals surface area contributed by atoms with Gasteiger partial charge in [0.15, 0.2) is 0 Å². The number of rotatable bonds is 5. The lowest BCUT2D eigenvalue weighted by Gasteiger charge is -2.07. The summed E-state index contributed by atoms with van der Waals surface area (Å²) in [5.74, 6) is -0.290. The van der Waals surface area contributed by atoms with Crippen LogP contribution in [0.5, 0.6) is 0 Å². The molecule has 0 radical (unpaired) electrons. The number of anilines is 1. The molecule has 0 spiro atoms. The molecule has 1 saturated carbocycles. The highest BCUT2D eigenvalue weighted by atomic mass is 32.2. The molecule has 0 bridgehead atoms. The Morgan fingerprint density at radius 1 is 1.24 bits per heavy atom. The summed E-state index contributed by atoms with van der Waals surface area (Å²) < 4.78 is 20.8. The zero-order valence-electron chi connectivity index (χ0n) is 13.6. The Morgan fingerprint density at radius 2 is 2.08 bits per heavy atom. The molecule has 1 N–H and O–H groups in total. The number of halogens is 1. The Morgan fingerprint density at radius 3 is 2.80 bits per heavy atom. The highest BCUT2D eigenvalue weighted by molar-refractivity contribution is 8.01. The van der Waals surface area contributed by atoms with Crippen molar-refractivity contribution in [1.29, 1.82) is 0 Å². The number of benzene rings is 1. The molecule has 25 heavy (non-hydrogen) atoms. The van der Waals surface area contributed by atoms with Crippen molar-refractivity contribution in [3.05, 3.63) is 65.1 Å². The minimum absolute atomic E-state index is 0.0886. The molecule has 1 aliphatic carbocycles. The van der Waals surface area contributed by atoms with E-state index in [1.54, 1.807) is 54.4 Å². The lowest BCUT2D eigenvalue weighted by Crippen LogP contribution is -2.15. The molecule has 2 heterocycles. The van der Waals surface area contributed by atoms with Crippen LogP contribution in [0.1, 0.15) is 12.8 Å². The monoisotopic (exact) mass is 356 g/mol. The van der Waals surface area contributed by atoms with E-state index in [0.29, 0.717) is 16.4 Å². The van der Waals surface area contributed by atoms with E-state index in [2.05, 4.69) is 9.82 Å². The van der Waals surface area contributed by atoms with Crippen LogP contribution in [-0.2, 0) is 7.05 Å². The van der Waals surface area contributed by atoms with Crippen LogP contribution in [0.3, 0.4) is 0 Å². The molecule has 3 aromatic rings. The number of aromatic nitrogens is 3. The van der Waals surface area contributed by atoms with Crippen LogP contribution in [0.2, 0.25) is 0 Å². The van der Waals surface area contributed by atoms with Gasteiger partial charge in [0, 0.05) is 47.6 Å². The van der Waals surface area contributed by atoms with Crippen molar-refractivity contribution in [3.63, 3.8) is 0 Å². The van der Waals surface area contributed by atoms with Crippen molar-refractivity contribution in [3.8, 4) is 16.8 Å². The Hall–Kier alpha value is -2.54. The van der Waals surface area contributed by atoms with E-state index >= 15 is 0 Å². The van der Waals surface area contributed by atoms with Gasteiger partial charge in [-0.05, 0) is 49.1 Å². The summed E-state index contributed by atoms with van der Waals surface area (Å²) >= 11 is 1.65. The van der Waals surface area contributed by atoms with Crippen molar-refractivity contribution in [2.45, 2.75) is 18.1 Å². The SMILES string of the molecule is Cn1cc(-n2cc(-c3ccc(NSC4CC4)cc3F)cn2)ccc1=O. The third-order valence-electron chi connectivity index (χ3n) is 4.07. The van der Waals surface area contributed by atoms with Crippen LogP contribution < -0.4 is 10.3 Å². The standard InChI is InChI=1S/C18H17FN4OS/c1-22-11-14(3-7-18(22)24)23-10-12(9-20-23)16-6-2-13(8-17(16)19)21-25-15-4-5-15/h2-3,6-11,15,21H,4-5H2,1H3. The normalized spacial score (nSPS) is 13.8. The summed E-state index contributed by atoms with van der Waals surface area (Å²) in [5, 5.41) is 4.94. The average molecular weight is 356 g/mol. The van der Waals surface area contributed by atoms with E-state index in [1.807, 2.05) is 6.07 Å². The van der Waals surface area contributed by atoms with Gasteiger partial charge >= 0.3 is 0 Å². The van der Waals surface area contributed by atoms with Gasteiger partial charge in [-0.25, -0.2) is 9.07 Å². The predicted molar refractivity (Wildman–Crippen MR) is 98.4 cm³/mol. The first-order valence-electron chi connectivity index (χ1n) is 8.03. The zero-order chi connectivity index (χ0) is 17.4. The van der Waals surface area contributed by atoms with Gasteiger partial charge in [-0.3, -0.25) is 4.79 Å². The summed E-state index contributed by atoms with van der Waals surface area (Å²) in [7, 11) is 1.68. The largest absolute Gasteiger partial charge is 0.329 e. The maximum atomic E-state index is 14.5. The summed E-state index contributed by atoms with van der Waals surface area (Å²) in [6.07, 6.45) is 7.52. The second kappa shape index (κ2) is 6.40. The molecule has 1 fully saturated rings. The molecule has 1 aromatic carbocycles. The third kappa shape index (κ3) is 3.46. The number of nitrogens with zero attached hydrogens (tertiary/aromatic N) is 3. The minimum Gasteiger partial charge on any atom is -0.329 e. The molecule has 0 unspecified atom stereocenters. The molecule has 1 aliphatic rings. The summed E-state index contributed by atoms with van der Waals surface area (Å²) in [5.41, 5.74) is 2.61. The van der Waals surface area contributed by atoms with E-state index in [0.717, 1.165) is 11.4 Å². The smallest absolute Gasteiger partial charge is 0.250 e. The van der Waals surface area contributed by atoms with Gasteiger partial charge in [0.25, 0.3) is 0 Å². The van der Waals surface area contributed by atoms with Crippen molar-refractivity contribution in [1.82, 2.24) is 14.3 Å². The summed E-state index contributed by atoms with van der Waals surface area (Å²) in [4.78, 5) is 11.5. The topological polar surface area (TPSA) is 51.9 Å². The minimum atomic E-state index is -0.290. The summed E-state index contributed by atoms with van der Waals surface area (Å²) in [6, 6.07) is 8.31. The molecule has 7 heteroatoms. The first-order chi connectivity index (χ1) is 12.1. The second-order valence-corrected chi connectivity index (χ2v) is 7.23. The fourth-order valence-corrected chi connectivity index (χ4v) is 3.27. The van der Waals surface area contributed by atoms with Crippen LogP contribution in [0.4, 0.5) is 10.1 Å². The molecule has 5 nitrogen and oxygen atoms in total. The molecule has 0 amide bonds. The Bertz CT molecular complexity index is 977. The van der Waals surface area contributed by atoms with Gasteiger partial charge in [0.2, 0.25) is 5.56 Å². The molecule has 0 saturated heterocycles. The van der Waals surface area contributed by atoms with Crippen LogP contribution in [0.15, 0.2) is 53.7 Å². The van der Waals surface area contributed by atoms with Crippen LogP contribution in [-0.4, -0.2) is 19.6 Å². The fraction of sp³-hybridized carbons (Fsp3) is 0.222. The number of hydrogen-bond donors (Lipinski definition) is 1. The third-order valence-corrected chi connectivity index (χ3v) is 5.22. The predicted octanol–water partition coefficient (Wildman–Crippen LogP) is 3.60. The van der Waals surface area contributed by atoms with Crippen molar-refractivity contribution in [2.24, 2.45) is 7.05 Å². The quantitative estimate of drug-likeness (QED) is 0.710. The molecular weight excluding hydrogens is 339 g/mol. The van der Waals surface area contributed by atoms with Gasteiger partial charge < -0.3 is 9.29 Å². The second-order valence-electron chi connectivity index (χ2n) is 6.12. The van der Waals surface area contributed by atoms with Crippen molar-refractivity contribution >= 4 is 17.6 Å². The fourth-order valence-electron chi connectivity index (χ4n) is 2.47. The molecule has 2 aromatic heterocycles. The molecule has 0 aliphatic heterocycles. The van der Waals surface area contributed by atoms with E-state index in [1.165, 1.54) is 29.5 Å². The van der Waals surface area contributed by atoms with Gasteiger partial charge in [0.1, 0.15) is 5.82 Å². The van der Waals surface area contributed by atoms with Gasteiger partial charge in [-0.1, -0.05) is 0 Å². The van der Waals surface area contributed by atoms with Gasteiger partial charge in [-0.2, -0.15) is 5.10 Å². The lowest BCUT2D eigenvalue weighted by molar-refractivity contribution is 0.632. The maximum absolute atomic E-state index is 14.5. The Balaban J connectivity index is 1.58. The molecule has 128 valence electrons. The lowest BCUT2D eigenvalue weighted by atomic mass is 10.1. The molecular formula is C18H17FN4OS. The van der Waals surface area contributed by atoms with E-state index in [-0.39, 0.29) is 11.4 Å². The first kappa shape index (κ1) is 16.0. The zero-order valence-corrected chi connectivity index (χ0v) is 14.5. The van der Waals surface area contributed by atoms with Crippen molar-refractivity contribution < 1.29 is 4.39 Å².